The maximum atomic E-state index is 15.6. The fourth-order valence-corrected chi connectivity index (χ4v) is 11.6. The lowest BCUT2D eigenvalue weighted by molar-refractivity contribution is -0.288. The summed E-state index contributed by atoms with van der Waals surface area (Å²) in [5.74, 6) is 0. The van der Waals surface area contributed by atoms with Gasteiger partial charge in [0.25, 0.3) is 0 Å². The molecule has 0 aromatic heterocycles. The Kier molecular flexibility index (Phi) is 16.1. The van der Waals surface area contributed by atoms with Gasteiger partial charge in [0, 0.05) is 0 Å². The maximum Gasteiger partial charge on any atom is -0.00115 e. The van der Waals surface area contributed by atoms with Crippen molar-refractivity contribution in [3.05, 3.63) is 142 Å². The van der Waals surface area contributed by atoms with Gasteiger partial charge in [-0.25, -0.2) is 0 Å². The van der Waals surface area contributed by atoms with Crippen LogP contribution in [-0.4, -0.2) is 0 Å². The Morgan fingerprint density at radius 2 is 0.500 bits per heavy atom. The molecule has 0 N–H and O–H groups in total. The molecule has 0 fully saturated rings. The van der Waals surface area contributed by atoms with Gasteiger partial charge in [0.15, 0.2) is 0 Å². The van der Waals surface area contributed by atoms with E-state index < -0.39 is 38.4 Å². The fourth-order valence-electron chi connectivity index (χ4n) is 10.4. The van der Waals surface area contributed by atoms with Crippen LogP contribution in [0.5, 0.6) is 0 Å². The number of hydrogen-bond acceptors (Lipinski definition) is 4. The Labute approximate surface area is 451 Å². The van der Waals surface area contributed by atoms with Crippen molar-refractivity contribution in [2.45, 2.75) is 209 Å². The van der Waals surface area contributed by atoms with Crippen LogP contribution >= 0.6 is 16.8 Å². The zero-order valence-electron chi connectivity index (χ0n) is 49.8. The van der Waals surface area contributed by atoms with Gasteiger partial charge >= 0.3 is 0 Å². The number of rotatable bonds is 7. The smallest absolute Gasteiger partial charge is 0.00115 e. The van der Waals surface area contributed by atoms with E-state index in [-0.39, 0.29) is 32.3 Å². The third kappa shape index (κ3) is 12.2. The minimum atomic E-state index is -3.35. The highest BCUT2D eigenvalue weighted by atomic mass is 31.2. The van der Waals surface area contributed by atoms with Crippen molar-refractivity contribution in [1.82, 2.24) is 0 Å². The third-order valence-electron chi connectivity index (χ3n) is 14.9. The van der Waals surface area contributed by atoms with E-state index in [0.29, 0.717) is 11.1 Å². The Bertz CT molecular complexity index is 2860. The normalized spacial score (nSPS) is 13.6. The van der Waals surface area contributed by atoms with Crippen LogP contribution in [0, 0.1) is 0 Å². The topological polar surface area (TPSA) is 92.2 Å². The predicted molar refractivity (Wildman–Crippen MR) is 316 cm³/mol. The van der Waals surface area contributed by atoms with Crippen molar-refractivity contribution < 1.29 is 19.6 Å². The highest BCUT2D eigenvalue weighted by Crippen LogP contribution is 2.57. The van der Waals surface area contributed by atoms with Crippen LogP contribution in [-0.2, 0) is 43.3 Å². The van der Waals surface area contributed by atoms with Gasteiger partial charge in [0.2, 0.25) is 0 Å². The zero-order chi connectivity index (χ0) is 56.0. The van der Waals surface area contributed by atoms with E-state index in [1.807, 2.05) is 12.1 Å². The minimum absolute atomic E-state index is 0.186. The summed E-state index contributed by atoms with van der Waals surface area (Å²) in [5.41, 5.74) is 14.6. The molecule has 0 radical (unpaired) electrons. The quantitative estimate of drug-likeness (QED) is 0.149. The van der Waals surface area contributed by atoms with Crippen molar-refractivity contribution in [3.63, 3.8) is 0 Å². The molecule has 0 amide bonds. The molecule has 0 saturated carbocycles. The number of benzene rings is 6. The summed E-state index contributed by atoms with van der Waals surface area (Å²) in [6.07, 6.45) is 0. The first-order valence-corrected chi connectivity index (χ1v) is 29.1. The molecule has 0 aliphatic heterocycles. The molecule has 0 heterocycles. The molecule has 398 valence electrons. The maximum absolute atomic E-state index is 15.6. The standard InChI is InChI=1S/C68H88O4P2/c1-61(2,3)42-27-33-47(51(37-42)65(13,14)15)56-55(41-25-31-46(32-26-41)73(69)70)57(48-34-28-43(62(4,5)6)38-52(48)66(16,17)18)59(50-36-30-45(64(10,11)12)40-54(50)68(22,23)24)60(74(71)72)58(56)49-35-29-44(63(7,8)9)39-53(49)67(19,20)21/h25-40H,1-24H3/q-4. The van der Waals surface area contributed by atoms with E-state index in [1.54, 1.807) is 12.1 Å². The average molecular weight is 1030 g/mol. The van der Waals surface area contributed by atoms with Crippen LogP contribution < -0.4 is 30.2 Å². The summed E-state index contributed by atoms with van der Waals surface area (Å²) in [6.45, 7) is 53.6. The summed E-state index contributed by atoms with van der Waals surface area (Å²) < 4.78 is 0. The van der Waals surface area contributed by atoms with Crippen LogP contribution in [0.25, 0.3) is 55.6 Å². The average Bonchev–Trinajstić information content (AvgIpc) is 3.24. The number of hydrogen-bond donors (Lipinski definition) is 0. The SMILES string of the molecule is CC(C)(C)c1ccc(-c2c(-c3ccc(P([O-])[O-])cc3)c(-c3ccc(C(C)(C)C)cc3C(C)(C)C)c(-c3ccc(C(C)(C)C)cc3C(C)(C)C)c(P([O-])[O-])c2-c2ccc(C(C)(C)C)cc2C(C)(C)C)c(C(C)(C)C)c1. The van der Waals surface area contributed by atoms with Crippen molar-refractivity contribution in [1.29, 1.82) is 0 Å². The third-order valence-corrected chi connectivity index (χ3v) is 16.4. The summed E-state index contributed by atoms with van der Waals surface area (Å²) in [7, 11) is -6.24. The lowest BCUT2D eigenvalue weighted by atomic mass is 9.69. The van der Waals surface area contributed by atoms with E-state index in [0.717, 1.165) is 77.9 Å². The van der Waals surface area contributed by atoms with Crippen molar-refractivity contribution >= 4 is 27.4 Å². The molecule has 0 aliphatic rings. The van der Waals surface area contributed by atoms with E-state index in [4.69, 9.17) is 0 Å². The molecular weight excluding hydrogens is 943 g/mol. The predicted octanol–water partition coefficient (Wildman–Crippen LogP) is 15.7. The minimum Gasteiger partial charge on any atom is -0.838 e. The molecule has 6 aromatic rings. The summed E-state index contributed by atoms with van der Waals surface area (Å²) in [6, 6.07) is 34.3. The van der Waals surface area contributed by atoms with E-state index >= 15 is 9.79 Å². The molecule has 6 heteroatoms. The Balaban J connectivity index is 2.21. The van der Waals surface area contributed by atoms with Gasteiger partial charge in [0.1, 0.15) is 0 Å². The Hall–Kier alpha value is -3.98. The van der Waals surface area contributed by atoms with Crippen LogP contribution in [0.1, 0.15) is 211 Å². The first-order chi connectivity index (χ1) is 33.5. The van der Waals surface area contributed by atoms with Crippen LogP contribution in [0.3, 0.4) is 0 Å². The van der Waals surface area contributed by atoms with E-state index in [2.05, 4.69) is 239 Å². The molecule has 0 aliphatic carbocycles. The molecule has 0 unspecified atom stereocenters. The van der Waals surface area contributed by atoms with Gasteiger partial charge < -0.3 is 19.6 Å². The summed E-state index contributed by atoms with van der Waals surface area (Å²) >= 11 is 0. The lowest BCUT2D eigenvalue weighted by Gasteiger charge is -2.42. The highest BCUT2D eigenvalue weighted by molar-refractivity contribution is 7.52. The summed E-state index contributed by atoms with van der Waals surface area (Å²) in [4.78, 5) is 56.8. The largest absolute Gasteiger partial charge is 0.838 e. The van der Waals surface area contributed by atoms with Crippen LogP contribution in [0.4, 0.5) is 0 Å². The van der Waals surface area contributed by atoms with Gasteiger partial charge in [-0.15, -0.1) is 0 Å². The molecule has 0 atom stereocenters. The van der Waals surface area contributed by atoms with E-state index in [9.17, 15) is 9.79 Å². The first-order valence-electron chi connectivity index (χ1n) is 26.7. The van der Waals surface area contributed by atoms with Crippen molar-refractivity contribution in [2.24, 2.45) is 0 Å². The van der Waals surface area contributed by atoms with Gasteiger partial charge in [0.05, 0.1) is 0 Å². The first kappa shape index (κ1) is 59.3. The van der Waals surface area contributed by atoms with Crippen LogP contribution in [0.15, 0.2) is 97.1 Å². The zero-order valence-corrected chi connectivity index (χ0v) is 51.6. The van der Waals surface area contributed by atoms with Gasteiger partial charge in [-0.05, 0) is 149 Å². The molecule has 0 bridgehead atoms. The molecule has 0 saturated heterocycles. The molecule has 0 spiro atoms. The Morgan fingerprint density at radius 3 is 0.703 bits per heavy atom. The second-order valence-corrected chi connectivity index (χ2v) is 31.3. The van der Waals surface area contributed by atoms with Gasteiger partial charge in [-0.1, -0.05) is 269 Å². The molecular formula is C68H88O4P2-4. The van der Waals surface area contributed by atoms with Gasteiger partial charge in [-0.2, -0.15) is 0 Å². The monoisotopic (exact) mass is 1030 g/mol. The lowest BCUT2D eigenvalue weighted by Crippen LogP contribution is -2.28. The molecule has 6 rings (SSSR count). The molecule has 74 heavy (non-hydrogen) atoms. The molecule has 6 aromatic carbocycles. The Morgan fingerprint density at radius 1 is 0.257 bits per heavy atom. The summed E-state index contributed by atoms with van der Waals surface area (Å²) in [5, 5.41) is 0.484. The van der Waals surface area contributed by atoms with Crippen molar-refractivity contribution in [3.8, 4) is 55.6 Å². The highest BCUT2D eigenvalue weighted by Gasteiger charge is 2.37. The second-order valence-electron chi connectivity index (χ2n) is 29.3. The van der Waals surface area contributed by atoms with Crippen molar-refractivity contribution in [2.75, 3.05) is 0 Å². The fraction of sp³-hybridized carbons (Fsp3) is 0.471. The van der Waals surface area contributed by atoms with Gasteiger partial charge in [-0.3, -0.25) is 16.8 Å². The second kappa shape index (κ2) is 20.1. The van der Waals surface area contributed by atoms with Crippen LogP contribution in [0.2, 0.25) is 0 Å². The molecule has 4 nitrogen and oxygen atoms in total. The van der Waals surface area contributed by atoms with E-state index in [1.165, 1.54) is 11.1 Å².